The van der Waals surface area contributed by atoms with E-state index in [2.05, 4.69) is 13.0 Å². The number of nitrogens with zero attached hydrogens (tertiary/aromatic N) is 1. The van der Waals surface area contributed by atoms with Crippen molar-refractivity contribution in [2.24, 2.45) is 5.73 Å². The van der Waals surface area contributed by atoms with Crippen LogP contribution < -0.4 is 5.73 Å². The number of hydrogen-bond donors (Lipinski definition) is 1. The molecular formula is C15H20N2O2. The quantitative estimate of drug-likeness (QED) is 0.837. The molecule has 0 aliphatic heterocycles. The molecule has 1 unspecified atom stereocenters. The molecular weight excluding hydrogens is 240 g/mol. The molecule has 0 spiro atoms. The lowest BCUT2D eigenvalue weighted by atomic mass is 10.0. The highest BCUT2D eigenvalue weighted by atomic mass is 16.5. The Kier molecular flexibility index (Phi) is 4.22. The monoisotopic (exact) mass is 260 g/mol. The van der Waals surface area contributed by atoms with Gasteiger partial charge in [-0.25, -0.2) is 0 Å². The van der Waals surface area contributed by atoms with Crippen molar-refractivity contribution >= 4 is 16.9 Å². The van der Waals surface area contributed by atoms with Crippen LogP contribution in [0.1, 0.15) is 18.9 Å². The Bertz CT molecular complexity index is 575. The maximum absolute atomic E-state index is 11.4. The first kappa shape index (κ1) is 13.6. The van der Waals surface area contributed by atoms with E-state index in [1.807, 2.05) is 29.0 Å². The smallest absolute Gasteiger partial charge is 0.325 e. The first-order valence-electron chi connectivity index (χ1n) is 6.54. The van der Waals surface area contributed by atoms with E-state index in [9.17, 15) is 4.79 Å². The maximum Gasteiger partial charge on any atom is 0.325 e. The second kappa shape index (κ2) is 5.89. The van der Waals surface area contributed by atoms with E-state index in [4.69, 9.17) is 10.5 Å². The lowest BCUT2D eigenvalue weighted by Gasteiger charge is -2.06. The summed E-state index contributed by atoms with van der Waals surface area (Å²) in [6.07, 6.45) is 3.78. The predicted molar refractivity (Wildman–Crippen MR) is 75.9 cm³/mol. The minimum atomic E-state index is -0.243. The van der Waals surface area contributed by atoms with Gasteiger partial charge in [0.2, 0.25) is 0 Å². The molecule has 0 fully saturated rings. The molecule has 0 saturated carbocycles. The fourth-order valence-corrected chi connectivity index (χ4v) is 2.25. The molecule has 1 atom stereocenters. The highest BCUT2D eigenvalue weighted by molar-refractivity contribution is 5.85. The van der Waals surface area contributed by atoms with Gasteiger partial charge in [0.1, 0.15) is 6.54 Å². The Balaban J connectivity index is 2.39. The van der Waals surface area contributed by atoms with Gasteiger partial charge in [0.25, 0.3) is 0 Å². The van der Waals surface area contributed by atoms with Crippen LogP contribution in [-0.4, -0.2) is 23.7 Å². The van der Waals surface area contributed by atoms with E-state index in [1.165, 1.54) is 12.7 Å². The van der Waals surface area contributed by atoms with Crippen molar-refractivity contribution in [3.05, 3.63) is 36.0 Å². The van der Waals surface area contributed by atoms with Crippen molar-refractivity contribution < 1.29 is 9.53 Å². The zero-order valence-corrected chi connectivity index (χ0v) is 11.4. The van der Waals surface area contributed by atoms with Crippen molar-refractivity contribution in [3.8, 4) is 0 Å². The van der Waals surface area contributed by atoms with E-state index in [1.54, 1.807) is 0 Å². The topological polar surface area (TPSA) is 57.2 Å². The van der Waals surface area contributed by atoms with Gasteiger partial charge in [0.05, 0.1) is 7.11 Å². The van der Waals surface area contributed by atoms with Gasteiger partial charge in [0.15, 0.2) is 0 Å². The van der Waals surface area contributed by atoms with Gasteiger partial charge in [0, 0.05) is 23.1 Å². The Morgan fingerprint density at radius 3 is 2.84 bits per heavy atom. The average Bonchev–Trinajstić information content (AvgIpc) is 2.77. The van der Waals surface area contributed by atoms with E-state index < -0.39 is 0 Å². The maximum atomic E-state index is 11.4. The molecule has 2 rings (SSSR count). The minimum absolute atomic E-state index is 0.150. The van der Waals surface area contributed by atoms with Crippen molar-refractivity contribution in [1.82, 2.24) is 4.57 Å². The molecule has 1 aromatic carbocycles. The average molecular weight is 260 g/mol. The Morgan fingerprint density at radius 1 is 1.42 bits per heavy atom. The molecule has 4 nitrogen and oxygen atoms in total. The molecule has 19 heavy (non-hydrogen) atoms. The summed E-state index contributed by atoms with van der Waals surface area (Å²) >= 11 is 0. The molecule has 0 saturated heterocycles. The van der Waals surface area contributed by atoms with E-state index in [0.717, 1.165) is 23.7 Å². The predicted octanol–water partition coefficient (Wildman–Crippen LogP) is 2.09. The van der Waals surface area contributed by atoms with Gasteiger partial charge in [-0.3, -0.25) is 4.79 Å². The summed E-state index contributed by atoms with van der Waals surface area (Å²) in [6, 6.07) is 8.21. The lowest BCUT2D eigenvalue weighted by molar-refractivity contribution is -0.141. The third-order valence-electron chi connectivity index (χ3n) is 3.40. The van der Waals surface area contributed by atoms with Crippen LogP contribution in [0.2, 0.25) is 0 Å². The standard InChI is InChI=1S/C15H20N2O2/c1-3-12(16)8-11-9-17(10-15(18)19-2)14-7-5-4-6-13(11)14/h4-7,9,12H,3,8,10,16H2,1-2H3. The summed E-state index contributed by atoms with van der Waals surface area (Å²) in [5.74, 6) is -0.243. The fraction of sp³-hybridized carbons (Fsp3) is 0.400. The molecule has 1 heterocycles. The number of nitrogens with two attached hydrogens (primary N) is 1. The highest BCUT2D eigenvalue weighted by Crippen LogP contribution is 2.22. The van der Waals surface area contributed by atoms with Gasteiger partial charge in [-0.15, -0.1) is 0 Å². The summed E-state index contributed by atoms with van der Waals surface area (Å²) in [6.45, 7) is 2.32. The zero-order valence-electron chi connectivity index (χ0n) is 11.4. The van der Waals surface area contributed by atoms with E-state index in [0.29, 0.717) is 0 Å². The van der Waals surface area contributed by atoms with Crippen molar-refractivity contribution in [2.75, 3.05) is 7.11 Å². The first-order valence-corrected chi connectivity index (χ1v) is 6.54. The number of carbonyl (C=O) groups excluding carboxylic acids is 1. The van der Waals surface area contributed by atoms with Gasteiger partial charge in [-0.05, 0) is 24.5 Å². The summed E-state index contributed by atoms with van der Waals surface area (Å²) < 4.78 is 6.66. The number of methoxy groups -OCH3 is 1. The van der Waals surface area contributed by atoms with Crippen LogP contribution in [0, 0.1) is 0 Å². The SMILES string of the molecule is CCC(N)Cc1cn(CC(=O)OC)c2ccccc12. The van der Waals surface area contributed by atoms with Crippen LogP contribution in [0.15, 0.2) is 30.5 Å². The molecule has 1 aromatic heterocycles. The number of aromatic nitrogens is 1. The van der Waals surface area contributed by atoms with E-state index in [-0.39, 0.29) is 18.6 Å². The van der Waals surface area contributed by atoms with Gasteiger partial charge in [-0.2, -0.15) is 0 Å². The number of ether oxygens (including phenoxy) is 1. The van der Waals surface area contributed by atoms with Crippen LogP contribution in [0.25, 0.3) is 10.9 Å². The van der Waals surface area contributed by atoms with Crippen molar-refractivity contribution in [1.29, 1.82) is 0 Å². The van der Waals surface area contributed by atoms with Crippen LogP contribution in [-0.2, 0) is 22.5 Å². The lowest BCUT2D eigenvalue weighted by Crippen LogP contribution is -2.21. The number of carbonyl (C=O) groups is 1. The molecule has 0 bridgehead atoms. The Hall–Kier alpha value is -1.81. The third kappa shape index (κ3) is 2.96. The number of hydrogen-bond acceptors (Lipinski definition) is 3. The number of esters is 1. The van der Waals surface area contributed by atoms with Crippen molar-refractivity contribution in [2.45, 2.75) is 32.4 Å². The Labute approximate surface area is 113 Å². The second-order valence-electron chi connectivity index (χ2n) is 4.75. The molecule has 0 amide bonds. The fourth-order valence-electron chi connectivity index (χ4n) is 2.25. The van der Waals surface area contributed by atoms with E-state index >= 15 is 0 Å². The molecule has 2 aromatic rings. The number of para-hydroxylation sites is 1. The summed E-state index contributed by atoms with van der Waals surface area (Å²) in [7, 11) is 1.40. The van der Waals surface area contributed by atoms with Crippen LogP contribution in [0.4, 0.5) is 0 Å². The van der Waals surface area contributed by atoms with Gasteiger partial charge >= 0.3 is 5.97 Å². The number of fused-ring (bicyclic) bond motifs is 1. The summed E-state index contributed by atoms with van der Waals surface area (Å²) in [5, 5.41) is 1.16. The van der Waals surface area contributed by atoms with Crippen LogP contribution in [0.3, 0.4) is 0 Å². The molecule has 4 heteroatoms. The Morgan fingerprint density at radius 2 is 2.16 bits per heavy atom. The normalized spacial score (nSPS) is 12.6. The summed E-state index contributed by atoms with van der Waals surface area (Å²) in [5.41, 5.74) is 8.27. The van der Waals surface area contributed by atoms with Crippen molar-refractivity contribution in [3.63, 3.8) is 0 Å². The van der Waals surface area contributed by atoms with Crippen LogP contribution >= 0.6 is 0 Å². The first-order chi connectivity index (χ1) is 9.15. The summed E-state index contributed by atoms with van der Waals surface area (Å²) in [4.78, 5) is 11.4. The number of benzene rings is 1. The van der Waals surface area contributed by atoms with Crippen LogP contribution in [0.5, 0.6) is 0 Å². The molecule has 0 aliphatic rings. The highest BCUT2D eigenvalue weighted by Gasteiger charge is 2.12. The molecule has 102 valence electrons. The van der Waals surface area contributed by atoms with Gasteiger partial charge < -0.3 is 15.0 Å². The largest absolute Gasteiger partial charge is 0.468 e. The second-order valence-corrected chi connectivity index (χ2v) is 4.75. The molecule has 0 aliphatic carbocycles. The zero-order chi connectivity index (χ0) is 13.8. The molecule has 0 radical (unpaired) electrons. The van der Waals surface area contributed by atoms with Gasteiger partial charge in [-0.1, -0.05) is 25.1 Å². The number of rotatable bonds is 5. The minimum Gasteiger partial charge on any atom is -0.468 e. The molecule has 2 N–H and O–H groups in total. The third-order valence-corrected chi connectivity index (χ3v) is 3.40.